The summed E-state index contributed by atoms with van der Waals surface area (Å²) in [5.74, 6) is -1.91. The molecular weight excluding hydrogens is 533 g/mol. The van der Waals surface area contributed by atoms with E-state index in [-0.39, 0.29) is 23.6 Å². The summed E-state index contributed by atoms with van der Waals surface area (Å²) in [4.78, 5) is 0. The van der Waals surface area contributed by atoms with Gasteiger partial charge in [0.15, 0.2) is 17.9 Å². The summed E-state index contributed by atoms with van der Waals surface area (Å²) in [6.45, 7) is 5.43. The van der Waals surface area contributed by atoms with Gasteiger partial charge in [-0.05, 0) is 54.0 Å². The summed E-state index contributed by atoms with van der Waals surface area (Å²) in [6, 6.07) is 15.6. The van der Waals surface area contributed by atoms with E-state index in [2.05, 4.69) is 13.8 Å². The number of hydrogen-bond acceptors (Lipinski definition) is 2. The lowest BCUT2D eigenvalue weighted by Crippen LogP contribution is -2.30. The lowest BCUT2D eigenvalue weighted by atomic mass is 9.94. The van der Waals surface area contributed by atoms with Crippen LogP contribution in [0.1, 0.15) is 108 Å². The van der Waals surface area contributed by atoms with Gasteiger partial charge in [0.1, 0.15) is 5.82 Å². The Morgan fingerprint density at radius 2 is 1.19 bits per heavy atom. The van der Waals surface area contributed by atoms with E-state index in [4.69, 9.17) is 9.47 Å². The highest BCUT2D eigenvalue weighted by Crippen LogP contribution is 2.32. The second-order valence-corrected chi connectivity index (χ2v) is 11.7. The fraction of sp³-hybridized carbons (Fsp3) is 0.514. The maximum atomic E-state index is 15.2. The van der Waals surface area contributed by atoms with E-state index in [1.165, 1.54) is 44.9 Å². The first-order valence-electron chi connectivity index (χ1n) is 16.1. The Labute approximate surface area is 250 Å². The number of rotatable bonds is 16. The summed E-state index contributed by atoms with van der Waals surface area (Å²) >= 11 is 0. The molecule has 0 spiro atoms. The summed E-state index contributed by atoms with van der Waals surface area (Å²) in [6.07, 6.45) is 14.0. The number of halogens is 3. The molecule has 1 heterocycles. The number of unbranched alkanes of at least 4 members (excludes halogenated alkanes) is 9. The van der Waals surface area contributed by atoms with Crippen LogP contribution in [0.4, 0.5) is 13.2 Å². The topological polar surface area (TPSA) is 18.5 Å². The van der Waals surface area contributed by atoms with Gasteiger partial charge in [-0.2, -0.15) is 0 Å². The molecule has 0 radical (unpaired) electrons. The molecule has 1 aliphatic heterocycles. The molecule has 3 aromatic rings. The van der Waals surface area contributed by atoms with Crippen molar-refractivity contribution in [2.45, 2.75) is 110 Å². The molecule has 1 fully saturated rings. The Bertz CT molecular complexity index is 1230. The monoisotopic (exact) mass is 580 g/mol. The maximum Gasteiger partial charge on any atom is 0.166 e. The molecule has 0 bridgehead atoms. The molecule has 42 heavy (non-hydrogen) atoms. The first-order valence-corrected chi connectivity index (χ1v) is 16.1. The SMILES string of the molecule is CCCCCCCCc1ccc(-c2ccc(-c3ccc(C4COC(CCCCCCC)OC4)cc3F)cc2)c(F)c1F. The maximum absolute atomic E-state index is 15.2. The van der Waals surface area contributed by atoms with Gasteiger partial charge in [0.2, 0.25) is 0 Å². The summed E-state index contributed by atoms with van der Waals surface area (Å²) in [5, 5.41) is 0. The van der Waals surface area contributed by atoms with Crippen molar-refractivity contribution in [2.24, 2.45) is 0 Å². The number of hydrogen-bond donors (Lipinski definition) is 0. The van der Waals surface area contributed by atoms with Crippen LogP contribution in [0.25, 0.3) is 22.3 Å². The Balaban J connectivity index is 1.33. The first kappa shape index (κ1) is 32.3. The minimum absolute atomic E-state index is 0.00540. The lowest BCUT2D eigenvalue weighted by Gasteiger charge is -2.30. The molecule has 1 saturated heterocycles. The predicted octanol–water partition coefficient (Wildman–Crippen LogP) is 11.2. The molecule has 0 aromatic heterocycles. The van der Waals surface area contributed by atoms with Crippen molar-refractivity contribution in [2.75, 3.05) is 13.2 Å². The van der Waals surface area contributed by atoms with Crippen molar-refractivity contribution >= 4 is 0 Å². The zero-order chi connectivity index (χ0) is 29.7. The van der Waals surface area contributed by atoms with E-state index in [0.29, 0.717) is 41.9 Å². The van der Waals surface area contributed by atoms with Gasteiger partial charge in [-0.3, -0.25) is 0 Å². The van der Waals surface area contributed by atoms with Crippen LogP contribution >= 0.6 is 0 Å². The van der Waals surface area contributed by atoms with Gasteiger partial charge in [0.05, 0.1) is 13.2 Å². The highest BCUT2D eigenvalue weighted by atomic mass is 19.2. The van der Waals surface area contributed by atoms with E-state index in [1.54, 1.807) is 48.5 Å². The van der Waals surface area contributed by atoms with Gasteiger partial charge in [-0.15, -0.1) is 0 Å². The zero-order valence-corrected chi connectivity index (χ0v) is 25.4. The van der Waals surface area contributed by atoms with Gasteiger partial charge in [-0.1, -0.05) is 120 Å². The molecule has 4 rings (SSSR count). The Hall–Kier alpha value is -2.63. The van der Waals surface area contributed by atoms with Crippen LogP contribution in [0.5, 0.6) is 0 Å². The molecule has 0 atom stereocenters. The Morgan fingerprint density at radius 3 is 1.83 bits per heavy atom. The summed E-state index contributed by atoms with van der Waals surface area (Å²) in [5.41, 5.74) is 3.22. The third-order valence-corrected chi connectivity index (χ3v) is 8.44. The van der Waals surface area contributed by atoms with Crippen molar-refractivity contribution in [3.8, 4) is 22.3 Å². The van der Waals surface area contributed by atoms with Crippen LogP contribution in [0.2, 0.25) is 0 Å². The minimum Gasteiger partial charge on any atom is -0.352 e. The molecule has 228 valence electrons. The second-order valence-electron chi connectivity index (χ2n) is 11.7. The smallest absolute Gasteiger partial charge is 0.166 e. The van der Waals surface area contributed by atoms with Crippen LogP contribution in [0.15, 0.2) is 54.6 Å². The molecule has 0 unspecified atom stereocenters. The highest BCUT2D eigenvalue weighted by molar-refractivity contribution is 5.71. The summed E-state index contributed by atoms with van der Waals surface area (Å²) in [7, 11) is 0. The predicted molar refractivity (Wildman–Crippen MR) is 166 cm³/mol. The first-order chi connectivity index (χ1) is 20.5. The van der Waals surface area contributed by atoms with E-state index in [1.807, 2.05) is 6.07 Å². The molecule has 0 saturated carbocycles. The molecule has 0 aliphatic carbocycles. The van der Waals surface area contributed by atoms with E-state index in [9.17, 15) is 4.39 Å². The molecule has 3 aromatic carbocycles. The molecule has 2 nitrogen and oxygen atoms in total. The van der Waals surface area contributed by atoms with Crippen LogP contribution in [-0.2, 0) is 15.9 Å². The zero-order valence-electron chi connectivity index (χ0n) is 25.4. The molecule has 1 aliphatic rings. The molecular formula is C37H47F3O2. The van der Waals surface area contributed by atoms with Crippen molar-refractivity contribution < 1.29 is 22.6 Å². The van der Waals surface area contributed by atoms with Crippen molar-refractivity contribution in [3.05, 3.63) is 83.2 Å². The minimum atomic E-state index is -0.822. The Kier molecular flexibility index (Phi) is 13.0. The average Bonchev–Trinajstić information content (AvgIpc) is 3.01. The average molecular weight is 581 g/mol. The Morgan fingerprint density at radius 1 is 0.619 bits per heavy atom. The number of benzene rings is 3. The van der Waals surface area contributed by atoms with Crippen molar-refractivity contribution in [1.29, 1.82) is 0 Å². The lowest BCUT2D eigenvalue weighted by molar-refractivity contribution is -0.190. The van der Waals surface area contributed by atoms with E-state index in [0.717, 1.165) is 37.7 Å². The van der Waals surface area contributed by atoms with E-state index >= 15 is 8.78 Å². The van der Waals surface area contributed by atoms with Gasteiger partial charge in [0, 0.05) is 17.0 Å². The fourth-order valence-electron chi connectivity index (χ4n) is 5.77. The van der Waals surface area contributed by atoms with Crippen molar-refractivity contribution in [3.63, 3.8) is 0 Å². The van der Waals surface area contributed by atoms with Crippen LogP contribution in [0.3, 0.4) is 0 Å². The van der Waals surface area contributed by atoms with E-state index < -0.39 is 11.6 Å². The van der Waals surface area contributed by atoms with Gasteiger partial charge in [0.25, 0.3) is 0 Å². The number of ether oxygens (including phenoxy) is 2. The van der Waals surface area contributed by atoms with Gasteiger partial charge >= 0.3 is 0 Å². The largest absolute Gasteiger partial charge is 0.352 e. The van der Waals surface area contributed by atoms with Gasteiger partial charge < -0.3 is 9.47 Å². The second kappa shape index (κ2) is 16.9. The fourth-order valence-corrected chi connectivity index (χ4v) is 5.77. The standard InChI is InChI=1S/C37H47F3O2/c1-3-5-7-9-11-12-14-29-20-23-33(37(40)36(29)39)28-18-16-27(17-19-28)32-22-21-30(24-34(32)38)31-25-41-35(42-26-31)15-13-10-8-6-4-2/h16-24,31,35H,3-15,25-26H2,1-2H3. The highest BCUT2D eigenvalue weighted by Gasteiger charge is 2.24. The molecule has 0 amide bonds. The van der Waals surface area contributed by atoms with Gasteiger partial charge in [-0.25, -0.2) is 13.2 Å². The van der Waals surface area contributed by atoms with Crippen LogP contribution in [0, 0.1) is 17.5 Å². The third kappa shape index (κ3) is 8.94. The van der Waals surface area contributed by atoms with Crippen LogP contribution in [-0.4, -0.2) is 19.5 Å². The molecule has 5 heteroatoms. The molecule has 0 N–H and O–H groups in total. The van der Waals surface area contributed by atoms with Crippen molar-refractivity contribution in [1.82, 2.24) is 0 Å². The number of aryl methyl sites for hydroxylation is 1. The quantitative estimate of drug-likeness (QED) is 0.157. The summed E-state index contributed by atoms with van der Waals surface area (Å²) < 4.78 is 56.9. The van der Waals surface area contributed by atoms with Crippen LogP contribution < -0.4 is 0 Å². The third-order valence-electron chi connectivity index (χ3n) is 8.44. The normalized spacial score (nSPS) is 17.1.